The third-order valence-corrected chi connectivity index (χ3v) is 7.55. The van der Waals surface area contributed by atoms with Gasteiger partial charge in [-0.25, -0.2) is 13.4 Å². The maximum Gasteiger partial charge on any atom is 0.245 e. The van der Waals surface area contributed by atoms with Crippen LogP contribution in [0.1, 0.15) is 18.5 Å². The van der Waals surface area contributed by atoms with E-state index < -0.39 is 15.9 Å². The highest BCUT2D eigenvalue weighted by molar-refractivity contribution is 7.89. The lowest BCUT2D eigenvalue weighted by molar-refractivity contribution is -0.116. The van der Waals surface area contributed by atoms with Gasteiger partial charge in [-0.1, -0.05) is 18.2 Å². The molecule has 0 bridgehead atoms. The van der Waals surface area contributed by atoms with Crippen LogP contribution in [-0.4, -0.2) is 54.4 Å². The SMILES string of the molecule is Cc1csc(NC(=O)CN(CC2CCCO2)S(=O)(=O)c2cccc3cccnc23)n1. The molecule has 1 fully saturated rings. The number of ether oxygens (including phenoxy) is 1. The number of thiazole rings is 1. The van der Waals surface area contributed by atoms with Crippen molar-refractivity contribution in [3.63, 3.8) is 0 Å². The van der Waals surface area contributed by atoms with Gasteiger partial charge in [-0.15, -0.1) is 11.3 Å². The molecular formula is C20H22N4O4S2. The molecule has 0 radical (unpaired) electrons. The van der Waals surface area contributed by atoms with E-state index in [1.165, 1.54) is 21.7 Å². The second kappa shape index (κ2) is 8.76. The summed E-state index contributed by atoms with van der Waals surface area (Å²) in [6.07, 6.45) is 2.95. The van der Waals surface area contributed by atoms with Gasteiger partial charge in [0, 0.05) is 30.1 Å². The maximum atomic E-state index is 13.6. The van der Waals surface area contributed by atoms with Crippen LogP contribution in [-0.2, 0) is 19.6 Å². The minimum Gasteiger partial charge on any atom is -0.377 e. The lowest BCUT2D eigenvalue weighted by Gasteiger charge is -2.24. The molecule has 1 aliphatic rings. The van der Waals surface area contributed by atoms with Crippen LogP contribution in [0.4, 0.5) is 5.13 Å². The molecule has 3 heterocycles. The number of carbonyl (C=O) groups is 1. The van der Waals surface area contributed by atoms with Gasteiger partial charge >= 0.3 is 0 Å². The highest BCUT2D eigenvalue weighted by atomic mass is 32.2. The van der Waals surface area contributed by atoms with E-state index in [1.807, 2.05) is 24.4 Å². The minimum absolute atomic E-state index is 0.0801. The van der Waals surface area contributed by atoms with Gasteiger partial charge in [0.1, 0.15) is 4.90 Å². The number of pyridine rings is 1. The van der Waals surface area contributed by atoms with Gasteiger partial charge in [-0.3, -0.25) is 9.78 Å². The number of anilines is 1. The molecule has 1 aliphatic heterocycles. The number of nitrogens with one attached hydrogen (secondary N) is 1. The van der Waals surface area contributed by atoms with Crippen molar-refractivity contribution < 1.29 is 17.9 Å². The zero-order chi connectivity index (χ0) is 21.1. The van der Waals surface area contributed by atoms with Crippen molar-refractivity contribution >= 4 is 43.3 Å². The largest absolute Gasteiger partial charge is 0.377 e. The van der Waals surface area contributed by atoms with Crippen LogP contribution in [0, 0.1) is 6.92 Å². The number of fused-ring (bicyclic) bond motifs is 1. The van der Waals surface area contributed by atoms with E-state index in [1.54, 1.807) is 18.3 Å². The molecule has 4 rings (SSSR count). The number of aromatic nitrogens is 2. The minimum atomic E-state index is -3.98. The lowest BCUT2D eigenvalue weighted by Crippen LogP contribution is -2.42. The summed E-state index contributed by atoms with van der Waals surface area (Å²) in [7, 11) is -3.98. The van der Waals surface area contributed by atoms with Crippen LogP contribution in [0.2, 0.25) is 0 Å². The molecule has 1 saturated heterocycles. The van der Waals surface area contributed by atoms with Crippen molar-refractivity contribution in [2.24, 2.45) is 0 Å². The Morgan fingerprint density at radius 1 is 1.33 bits per heavy atom. The topological polar surface area (TPSA) is 101 Å². The van der Waals surface area contributed by atoms with Gasteiger partial charge in [-0.2, -0.15) is 4.31 Å². The van der Waals surface area contributed by atoms with E-state index in [-0.39, 0.29) is 24.1 Å². The number of benzene rings is 1. The van der Waals surface area contributed by atoms with E-state index >= 15 is 0 Å². The molecule has 10 heteroatoms. The highest BCUT2D eigenvalue weighted by Gasteiger charge is 2.32. The number of aryl methyl sites for hydroxylation is 1. The zero-order valence-electron chi connectivity index (χ0n) is 16.4. The van der Waals surface area contributed by atoms with Crippen molar-refractivity contribution in [2.75, 3.05) is 25.0 Å². The van der Waals surface area contributed by atoms with Crippen molar-refractivity contribution in [3.05, 3.63) is 47.6 Å². The average molecular weight is 447 g/mol. The van der Waals surface area contributed by atoms with Gasteiger partial charge in [0.25, 0.3) is 0 Å². The third kappa shape index (κ3) is 4.51. The van der Waals surface area contributed by atoms with Crippen LogP contribution in [0.25, 0.3) is 10.9 Å². The number of nitrogens with zero attached hydrogens (tertiary/aromatic N) is 3. The first-order chi connectivity index (χ1) is 14.4. The molecule has 1 unspecified atom stereocenters. The molecule has 30 heavy (non-hydrogen) atoms. The quantitative estimate of drug-likeness (QED) is 0.599. The molecule has 0 aliphatic carbocycles. The number of hydrogen-bond donors (Lipinski definition) is 1. The normalized spacial score (nSPS) is 16.9. The van der Waals surface area contributed by atoms with Crippen molar-refractivity contribution in [3.8, 4) is 0 Å². The van der Waals surface area contributed by atoms with E-state index in [9.17, 15) is 13.2 Å². The summed E-state index contributed by atoms with van der Waals surface area (Å²) in [5.41, 5.74) is 1.18. The first-order valence-corrected chi connectivity index (χ1v) is 11.9. The highest BCUT2D eigenvalue weighted by Crippen LogP contribution is 2.26. The predicted octanol–water partition coefficient (Wildman–Crippen LogP) is 2.81. The second-order valence-corrected chi connectivity index (χ2v) is 9.87. The average Bonchev–Trinajstić information content (AvgIpc) is 3.38. The number of para-hydroxylation sites is 1. The van der Waals surface area contributed by atoms with Gasteiger partial charge in [0.2, 0.25) is 15.9 Å². The fourth-order valence-electron chi connectivity index (χ4n) is 3.42. The summed E-state index contributed by atoms with van der Waals surface area (Å²) in [6.45, 7) is 2.20. The Kier molecular flexibility index (Phi) is 6.09. The smallest absolute Gasteiger partial charge is 0.245 e. The Morgan fingerprint density at radius 3 is 2.90 bits per heavy atom. The summed E-state index contributed by atoms with van der Waals surface area (Å²) in [6, 6.07) is 8.58. The van der Waals surface area contributed by atoms with Crippen LogP contribution >= 0.6 is 11.3 Å². The Hall–Kier alpha value is -2.40. The molecule has 1 atom stereocenters. The number of carbonyl (C=O) groups excluding carboxylic acids is 1. The fraction of sp³-hybridized carbons (Fsp3) is 0.350. The van der Waals surface area contributed by atoms with E-state index in [4.69, 9.17) is 4.74 Å². The van der Waals surface area contributed by atoms with Gasteiger partial charge < -0.3 is 10.1 Å². The molecular weight excluding hydrogens is 424 g/mol. The molecule has 8 nitrogen and oxygen atoms in total. The predicted molar refractivity (Wildman–Crippen MR) is 115 cm³/mol. The maximum absolute atomic E-state index is 13.6. The molecule has 158 valence electrons. The molecule has 0 spiro atoms. The Labute approximate surface area is 179 Å². The molecule has 1 amide bonds. The van der Waals surface area contributed by atoms with Gasteiger partial charge in [0.15, 0.2) is 5.13 Å². The lowest BCUT2D eigenvalue weighted by atomic mass is 10.2. The van der Waals surface area contributed by atoms with E-state index in [2.05, 4.69) is 15.3 Å². The second-order valence-electron chi connectivity index (χ2n) is 7.11. The monoisotopic (exact) mass is 446 g/mol. The van der Waals surface area contributed by atoms with E-state index in [0.717, 1.165) is 23.9 Å². The number of rotatable bonds is 7. The van der Waals surface area contributed by atoms with Gasteiger partial charge in [-0.05, 0) is 31.9 Å². The summed E-state index contributed by atoms with van der Waals surface area (Å²) in [4.78, 5) is 21.2. The number of sulfonamides is 1. The van der Waals surface area contributed by atoms with E-state index in [0.29, 0.717) is 17.3 Å². The first kappa shape index (κ1) is 20.9. The molecule has 1 N–H and O–H groups in total. The number of hydrogen-bond acceptors (Lipinski definition) is 7. The van der Waals surface area contributed by atoms with Crippen molar-refractivity contribution in [1.29, 1.82) is 0 Å². The summed E-state index contributed by atoms with van der Waals surface area (Å²) in [5, 5.41) is 5.67. The standard InChI is InChI=1S/C20H22N4O4S2/c1-14-13-29-20(22-14)23-18(25)12-24(11-16-7-4-10-28-16)30(26,27)17-8-2-5-15-6-3-9-21-19(15)17/h2-3,5-6,8-9,13,16H,4,7,10-12H2,1H3,(H,22,23,25). The molecule has 3 aromatic rings. The van der Waals surface area contributed by atoms with Crippen LogP contribution in [0.15, 0.2) is 46.8 Å². The summed E-state index contributed by atoms with van der Waals surface area (Å²) >= 11 is 1.30. The molecule has 2 aromatic heterocycles. The van der Waals surface area contributed by atoms with Gasteiger partial charge in [0.05, 0.1) is 23.9 Å². The Balaban J connectivity index is 1.64. The Bertz CT molecular complexity index is 1150. The van der Waals surface area contributed by atoms with Crippen LogP contribution in [0.5, 0.6) is 0 Å². The molecule has 0 saturated carbocycles. The zero-order valence-corrected chi connectivity index (χ0v) is 18.1. The third-order valence-electron chi connectivity index (χ3n) is 4.83. The van der Waals surface area contributed by atoms with Crippen LogP contribution < -0.4 is 5.32 Å². The summed E-state index contributed by atoms with van der Waals surface area (Å²) in [5.74, 6) is -0.445. The molecule has 1 aromatic carbocycles. The number of amides is 1. The first-order valence-electron chi connectivity index (χ1n) is 9.61. The van der Waals surface area contributed by atoms with Crippen LogP contribution in [0.3, 0.4) is 0 Å². The summed E-state index contributed by atoms with van der Waals surface area (Å²) < 4.78 is 34.0. The fourth-order valence-corrected chi connectivity index (χ4v) is 5.71. The van der Waals surface area contributed by atoms with Crippen molar-refractivity contribution in [2.45, 2.75) is 30.8 Å². The van der Waals surface area contributed by atoms with Crippen molar-refractivity contribution in [1.82, 2.24) is 14.3 Å². The Morgan fingerprint density at radius 2 is 2.17 bits per heavy atom.